The SMILES string of the molecule is CC(C)(C)C1CCc2c(sc3nc(CN4CCN(C(=O)C5CC5)CC4)[nH]c(=O)c23)C1. The summed E-state index contributed by atoms with van der Waals surface area (Å²) in [5.41, 5.74) is 1.55. The zero-order chi connectivity index (χ0) is 21.0. The molecule has 1 unspecified atom stereocenters. The highest BCUT2D eigenvalue weighted by Gasteiger charge is 2.35. The number of amides is 1. The van der Waals surface area contributed by atoms with Crippen LogP contribution >= 0.6 is 11.3 Å². The average molecular weight is 429 g/mol. The zero-order valence-electron chi connectivity index (χ0n) is 18.3. The van der Waals surface area contributed by atoms with Gasteiger partial charge in [0.15, 0.2) is 0 Å². The van der Waals surface area contributed by atoms with Gasteiger partial charge in [-0.25, -0.2) is 4.98 Å². The van der Waals surface area contributed by atoms with Crippen molar-refractivity contribution in [2.24, 2.45) is 17.3 Å². The Balaban J connectivity index is 1.31. The number of nitrogens with one attached hydrogen (secondary N) is 1. The topological polar surface area (TPSA) is 69.3 Å². The summed E-state index contributed by atoms with van der Waals surface area (Å²) < 4.78 is 0. The highest BCUT2D eigenvalue weighted by Crippen LogP contribution is 2.42. The van der Waals surface area contributed by atoms with Gasteiger partial charge in [0.05, 0.1) is 11.9 Å². The number of aromatic amines is 1. The van der Waals surface area contributed by atoms with Crippen molar-refractivity contribution in [3.63, 3.8) is 0 Å². The van der Waals surface area contributed by atoms with Crippen LogP contribution in [-0.4, -0.2) is 51.9 Å². The van der Waals surface area contributed by atoms with Crippen molar-refractivity contribution in [1.29, 1.82) is 0 Å². The van der Waals surface area contributed by atoms with Gasteiger partial charge in [-0.05, 0) is 49.0 Å². The monoisotopic (exact) mass is 428 g/mol. The summed E-state index contributed by atoms with van der Waals surface area (Å²) >= 11 is 1.72. The molecule has 1 atom stereocenters. The second kappa shape index (κ2) is 7.45. The summed E-state index contributed by atoms with van der Waals surface area (Å²) in [6.07, 6.45) is 5.31. The van der Waals surface area contributed by atoms with Crippen LogP contribution in [0.5, 0.6) is 0 Å². The second-order valence-corrected chi connectivity index (χ2v) is 11.5. The van der Waals surface area contributed by atoms with E-state index in [1.54, 1.807) is 11.3 Å². The van der Waals surface area contributed by atoms with E-state index in [2.05, 4.69) is 30.7 Å². The van der Waals surface area contributed by atoms with Gasteiger partial charge in [-0.3, -0.25) is 14.5 Å². The molecule has 6 nitrogen and oxygen atoms in total. The number of nitrogens with zero attached hydrogens (tertiary/aromatic N) is 3. The summed E-state index contributed by atoms with van der Waals surface area (Å²) in [7, 11) is 0. The molecule has 1 saturated heterocycles. The molecular formula is C23H32N4O2S. The first kappa shape index (κ1) is 20.2. The first-order valence-corrected chi connectivity index (χ1v) is 12.2. The number of carbonyl (C=O) groups is 1. The van der Waals surface area contributed by atoms with Crippen molar-refractivity contribution < 1.29 is 4.79 Å². The summed E-state index contributed by atoms with van der Waals surface area (Å²) in [5, 5.41) is 0.825. The lowest BCUT2D eigenvalue weighted by Gasteiger charge is -2.34. The molecule has 3 heterocycles. The Morgan fingerprint density at radius 3 is 2.57 bits per heavy atom. The Bertz CT molecular complexity index is 1020. The summed E-state index contributed by atoms with van der Waals surface area (Å²) in [5.74, 6) is 2.03. The van der Waals surface area contributed by atoms with E-state index in [1.165, 1.54) is 10.4 Å². The van der Waals surface area contributed by atoms with Crippen LogP contribution in [0.4, 0.5) is 0 Å². The summed E-state index contributed by atoms with van der Waals surface area (Å²) in [6, 6.07) is 0. The lowest BCUT2D eigenvalue weighted by Crippen LogP contribution is -2.49. The minimum Gasteiger partial charge on any atom is -0.340 e. The quantitative estimate of drug-likeness (QED) is 0.815. The number of piperazine rings is 1. The molecule has 1 amide bonds. The number of hydrogen-bond acceptors (Lipinski definition) is 5. The third-order valence-electron chi connectivity index (χ3n) is 7.18. The Kier molecular flexibility index (Phi) is 5.01. The van der Waals surface area contributed by atoms with Gasteiger partial charge in [0.1, 0.15) is 10.7 Å². The van der Waals surface area contributed by atoms with Crippen LogP contribution in [0.2, 0.25) is 0 Å². The van der Waals surface area contributed by atoms with Crippen molar-refractivity contribution in [2.75, 3.05) is 26.2 Å². The van der Waals surface area contributed by atoms with E-state index in [-0.39, 0.29) is 5.56 Å². The second-order valence-electron chi connectivity index (χ2n) is 10.4. The maximum absolute atomic E-state index is 12.9. The zero-order valence-corrected chi connectivity index (χ0v) is 19.1. The molecule has 0 aromatic carbocycles. The predicted molar refractivity (Wildman–Crippen MR) is 120 cm³/mol. The van der Waals surface area contributed by atoms with Crippen LogP contribution in [0.1, 0.15) is 56.3 Å². The van der Waals surface area contributed by atoms with Crippen LogP contribution in [-0.2, 0) is 24.2 Å². The number of aromatic nitrogens is 2. The van der Waals surface area contributed by atoms with E-state index in [9.17, 15) is 9.59 Å². The van der Waals surface area contributed by atoms with Crippen molar-refractivity contribution in [2.45, 2.75) is 59.4 Å². The molecule has 0 spiro atoms. The molecule has 0 radical (unpaired) electrons. The number of carbonyl (C=O) groups excluding carboxylic acids is 1. The van der Waals surface area contributed by atoms with Gasteiger partial charge in [-0.2, -0.15) is 0 Å². The Labute approximate surface area is 181 Å². The molecule has 2 aromatic heterocycles. The van der Waals surface area contributed by atoms with Gasteiger partial charge in [0.25, 0.3) is 5.56 Å². The van der Waals surface area contributed by atoms with Gasteiger partial charge < -0.3 is 9.88 Å². The number of aryl methyl sites for hydroxylation is 1. The fourth-order valence-electron chi connectivity index (χ4n) is 4.97. The maximum atomic E-state index is 12.9. The summed E-state index contributed by atoms with van der Waals surface area (Å²) in [6.45, 7) is 10.8. The maximum Gasteiger partial charge on any atom is 0.259 e. The van der Waals surface area contributed by atoms with Crippen molar-refractivity contribution >= 4 is 27.5 Å². The third-order valence-corrected chi connectivity index (χ3v) is 8.32. The molecule has 1 saturated carbocycles. The first-order valence-electron chi connectivity index (χ1n) is 11.3. The van der Waals surface area contributed by atoms with E-state index in [4.69, 9.17) is 4.98 Å². The van der Waals surface area contributed by atoms with E-state index in [0.29, 0.717) is 29.7 Å². The van der Waals surface area contributed by atoms with Crippen LogP contribution < -0.4 is 5.56 Å². The highest BCUT2D eigenvalue weighted by atomic mass is 32.1. The molecule has 30 heavy (non-hydrogen) atoms. The largest absolute Gasteiger partial charge is 0.340 e. The first-order chi connectivity index (χ1) is 14.3. The molecule has 1 N–H and O–H groups in total. The van der Waals surface area contributed by atoms with Gasteiger partial charge in [0.2, 0.25) is 5.91 Å². The molecule has 2 fully saturated rings. The van der Waals surface area contributed by atoms with Gasteiger partial charge in [0, 0.05) is 37.0 Å². The molecule has 7 heteroatoms. The number of rotatable bonds is 3. The number of fused-ring (bicyclic) bond motifs is 3. The predicted octanol–water partition coefficient (Wildman–Crippen LogP) is 3.19. The van der Waals surface area contributed by atoms with Crippen molar-refractivity contribution in [3.8, 4) is 0 Å². The van der Waals surface area contributed by atoms with Crippen molar-refractivity contribution in [1.82, 2.24) is 19.8 Å². The molecule has 5 rings (SSSR count). The minimum absolute atomic E-state index is 0.0178. The minimum atomic E-state index is 0.0178. The Morgan fingerprint density at radius 2 is 1.90 bits per heavy atom. The van der Waals surface area contributed by atoms with Crippen LogP contribution in [0, 0.1) is 17.3 Å². The van der Waals surface area contributed by atoms with Crippen molar-refractivity contribution in [3.05, 3.63) is 26.6 Å². The van der Waals surface area contributed by atoms with E-state index in [1.807, 2.05) is 4.90 Å². The van der Waals surface area contributed by atoms with Gasteiger partial charge >= 0.3 is 0 Å². The Hall–Kier alpha value is -1.73. The van der Waals surface area contributed by atoms with Gasteiger partial charge in [-0.15, -0.1) is 11.3 Å². The van der Waals surface area contributed by atoms with Crippen LogP contribution in [0.3, 0.4) is 0 Å². The Morgan fingerprint density at radius 1 is 1.17 bits per heavy atom. The molecule has 2 aliphatic carbocycles. The smallest absolute Gasteiger partial charge is 0.259 e. The molecule has 1 aliphatic heterocycles. The molecular weight excluding hydrogens is 396 g/mol. The number of hydrogen-bond donors (Lipinski definition) is 1. The fraction of sp³-hybridized carbons (Fsp3) is 0.696. The molecule has 3 aliphatic rings. The van der Waals surface area contributed by atoms with E-state index >= 15 is 0 Å². The van der Waals surface area contributed by atoms with Crippen LogP contribution in [0.15, 0.2) is 4.79 Å². The normalized spacial score (nSPS) is 23.0. The molecule has 2 aromatic rings. The number of H-pyrrole nitrogens is 1. The molecule has 162 valence electrons. The lowest BCUT2D eigenvalue weighted by molar-refractivity contribution is -0.134. The molecule has 0 bridgehead atoms. The van der Waals surface area contributed by atoms with Crippen LogP contribution in [0.25, 0.3) is 10.2 Å². The third kappa shape index (κ3) is 3.82. The van der Waals surface area contributed by atoms with E-state index < -0.39 is 0 Å². The summed E-state index contributed by atoms with van der Waals surface area (Å²) in [4.78, 5) is 39.6. The number of thiophene rings is 1. The van der Waals surface area contributed by atoms with Gasteiger partial charge in [-0.1, -0.05) is 20.8 Å². The lowest BCUT2D eigenvalue weighted by atomic mass is 9.72. The highest BCUT2D eigenvalue weighted by molar-refractivity contribution is 7.18. The standard InChI is InChI=1S/C23H32N4O2S/c1-23(2,3)15-6-7-16-17(12-15)30-21-19(16)20(28)24-18(25-21)13-26-8-10-27(11-9-26)22(29)14-4-5-14/h14-15H,4-13H2,1-3H3,(H,24,25,28). The fourth-order valence-corrected chi connectivity index (χ4v) is 6.29. The van der Waals surface area contributed by atoms with E-state index in [0.717, 1.165) is 74.3 Å². The average Bonchev–Trinajstić information content (AvgIpc) is 3.47.